The largest absolute Gasteiger partial charge is 0.465 e. The molecular weight excluding hydrogens is 382 g/mol. The molecule has 1 heterocycles. The highest BCUT2D eigenvalue weighted by Gasteiger charge is 2.26. The number of nitrogens with one attached hydrogen (secondary N) is 1. The normalized spacial score (nSPS) is 12.1. The summed E-state index contributed by atoms with van der Waals surface area (Å²) in [5, 5.41) is 1.78. The van der Waals surface area contributed by atoms with Gasteiger partial charge in [-0.05, 0) is 34.4 Å². The maximum Gasteiger partial charge on any atom is 0.350 e. The molecule has 0 radical (unpaired) electrons. The van der Waals surface area contributed by atoms with Gasteiger partial charge in [0.05, 0.1) is 17.7 Å². The molecule has 0 aliphatic carbocycles. The number of esters is 1. The monoisotopic (exact) mass is 403 g/mol. The number of fused-ring (bicyclic) bond motifs is 1. The zero-order valence-electron chi connectivity index (χ0n) is 15.6. The van der Waals surface area contributed by atoms with E-state index in [-0.39, 0.29) is 20.9 Å². The van der Waals surface area contributed by atoms with E-state index >= 15 is 0 Å². The van der Waals surface area contributed by atoms with Crippen molar-refractivity contribution in [3.8, 4) is 0 Å². The number of ether oxygens (including phenoxy) is 1. The van der Waals surface area contributed by atoms with E-state index in [4.69, 9.17) is 4.74 Å². The number of hydrogen-bond donors (Lipinski definition) is 1. The van der Waals surface area contributed by atoms with Crippen molar-refractivity contribution in [2.45, 2.75) is 31.1 Å². The zero-order valence-corrected chi connectivity index (χ0v) is 17.2. The van der Waals surface area contributed by atoms with Crippen LogP contribution in [-0.2, 0) is 20.2 Å². The first-order valence-corrected chi connectivity index (χ1v) is 10.7. The second-order valence-corrected chi connectivity index (χ2v) is 9.94. The van der Waals surface area contributed by atoms with E-state index in [0.717, 1.165) is 15.6 Å². The molecule has 1 aromatic heterocycles. The lowest BCUT2D eigenvalue weighted by Crippen LogP contribution is -2.15. The van der Waals surface area contributed by atoms with Gasteiger partial charge >= 0.3 is 5.97 Å². The van der Waals surface area contributed by atoms with Gasteiger partial charge in [0.25, 0.3) is 10.0 Å². The number of methoxy groups -OCH3 is 1. The number of benzene rings is 2. The summed E-state index contributed by atoms with van der Waals surface area (Å²) in [4.78, 5) is 13.4. The third kappa shape index (κ3) is 3.99. The predicted molar refractivity (Wildman–Crippen MR) is 109 cm³/mol. The minimum Gasteiger partial charge on any atom is -0.465 e. The van der Waals surface area contributed by atoms with Gasteiger partial charge in [0.15, 0.2) is 0 Å². The summed E-state index contributed by atoms with van der Waals surface area (Å²) >= 11 is 1.24. The van der Waals surface area contributed by atoms with Crippen LogP contribution in [0.3, 0.4) is 0 Å². The highest BCUT2D eigenvalue weighted by Crippen LogP contribution is 2.37. The molecule has 0 fully saturated rings. The number of rotatable bonds is 4. The second-order valence-electron chi connectivity index (χ2n) is 7.21. The van der Waals surface area contributed by atoms with Crippen molar-refractivity contribution < 1.29 is 17.9 Å². The molecule has 0 aliphatic heterocycles. The standard InChI is InChI=1S/C20H21NO4S2/c1-20(2,3)17-12-16(18(26-17)19(22)25-4)21-27(23,24)15-10-9-13-7-5-6-8-14(13)11-15/h5-12,21H,1-4H3. The van der Waals surface area contributed by atoms with Gasteiger partial charge in [0, 0.05) is 4.88 Å². The molecule has 0 atom stereocenters. The van der Waals surface area contributed by atoms with Crippen LogP contribution in [0, 0.1) is 0 Å². The molecule has 27 heavy (non-hydrogen) atoms. The number of anilines is 1. The first-order valence-electron chi connectivity index (χ1n) is 8.36. The molecule has 1 N–H and O–H groups in total. The first kappa shape index (κ1) is 19.4. The minimum absolute atomic E-state index is 0.139. The van der Waals surface area contributed by atoms with Crippen LogP contribution in [-0.4, -0.2) is 21.5 Å². The van der Waals surface area contributed by atoms with Gasteiger partial charge in [-0.1, -0.05) is 51.1 Å². The van der Waals surface area contributed by atoms with Crippen molar-refractivity contribution >= 4 is 43.8 Å². The van der Waals surface area contributed by atoms with Crippen LogP contribution in [0.5, 0.6) is 0 Å². The summed E-state index contributed by atoms with van der Waals surface area (Å²) in [6, 6.07) is 14.2. The molecule has 2 aromatic carbocycles. The fourth-order valence-corrected chi connectivity index (χ4v) is 4.87. The van der Waals surface area contributed by atoms with E-state index in [1.165, 1.54) is 18.4 Å². The van der Waals surface area contributed by atoms with Gasteiger partial charge in [-0.3, -0.25) is 4.72 Å². The number of thiophene rings is 1. The number of sulfonamides is 1. The lowest BCUT2D eigenvalue weighted by molar-refractivity contribution is 0.0607. The fourth-order valence-electron chi connectivity index (χ4n) is 2.62. The van der Waals surface area contributed by atoms with Gasteiger partial charge in [-0.15, -0.1) is 11.3 Å². The van der Waals surface area contributed by atoms with Crippen molar-refractivity contribution in [2.24, 2.45) is 0 Å². The van der Waals surface area contributed by atoms with Crippen molar-refractivity contribution in [1.29, 1.82) is 0 Å². The quantitative estimate of drug-likeness (QED) is 0.636. The van der Waals surface area contributed by atoms with E-state index < -0.39 is 16.0 Å². The fraction of sp³-hybridized carbons (Fsp3) is 0.250. The summed E-state index contributed by atoms with van der Waals surface area (Å²) in [5.74, 6) is -0.563. The SMILES string of the molecule is COC(=O)c1sc(C(C)(C)C)cc1NS(=O)(=O)c1ccc2ccccc2c1. The van der Waals surface area contributed by atoms with Crippen LogP contribution in [0.2, 0.25) is 0 Å². The van der Waals surface area contributed by atoms with Crippen molar-refractivity contribution in [3.63, 3.8) is 0 Å². The molecule has 0 unspecified atom stereocenters. The van der Waals surface area contributed by atoms with E-state index in [2.05, 4.69) is 4.72 Å². The molecule has 0 spiro atoms. The second kappa shape index (κ2) is 6.98. The van der Waals surface area contributed by atoms with Crippen molar-refractivity contribution in [1.82, 2.24) is 0 Å². The van der Waals surface area contributed by atoms with Crippen LogP contribution in [0.15, 0.2) is 53.4 Å². The van der Waals surface area contributed by atoms with Crippen LogP contribution in [0.1, 0.15) is 35.3 Å². The van der Waals surface area contributed by atoms with Crippen LogP contribution >= 0.6 is 11.3 Å². The molecule has 0 saturated carbocycles. The molecule has 7 heteroatoms. The Bertz CT molecular complexity index is 1110. The smallest absolute Gasteiger partial charge is 0.350 e. The van der Waals surface area contributed by atoms with Crippen molar-refractivity contribution in [2.75, 3.05) is 11.8 Å². The molecule has 3 aromatic rings. The maximum absolute atomic E-state index is 12.9. The summed E-state index contributed by atoms with van der Waals surface area (Å²) < 4.78 is 33.2. The Morgan fingerprint density at radius 1 is 1.04 bits per heavy atom. The highest BCUT2D eigenvalue weighted by atomic mass is 32.2. The van der Waals surface area contributed by atoms with Gasteiger partial charge in [-0.25, -0.2) is 13.2 Å². The third-order valence-electron chi connectivity index (χ3n) is 4.12. The average Bonchev–Trinajstić information content (AvgIpc) is 3.04. The molecule has 3 rings (SSSR count). The Kier molecular flexibility index (Phi) is 5.01. The number of carbonyl (C=O) groups is 1. The summed E-state index contributed by atoms with van der Waals surface area (Å²) in [6.45, 7) is 6.00. The number of hydrogen-bond acceptors (Lipinski definition) is 5. The van der Waals surface area contributed by atoms with Crippen LogP contribution in [0.4, 0.5) is 5.69 Å². The van der Waals surface area contributed by atoms with Gasteiger partial charge in [-0.2, -0.15) is 0 Å². The average molecular weight is 404 g/mol. The lowest BCUT2D eigenvalue weighted by Gasteiger charge is -2.15. The maximum atomic E-state index is 12.9. The van der Waals surface area contributed by atoms with Crippen molar-refractivity contribution in [3.05, 3.63) is 58.3 Å². The molecule has 142 valence electrons. The molecular formula is C20H21NO4S2. The Morgan fingerprint density at radius 2 is 1.70 bits per heavy atom. The van der Waals surface area contributed by atoms with Crippen LogP contribution in [0.25, 0.3) is 10.8 Å². The zero-order chi connectivity index (χ0) is 19.8. The van der Waals surface area contributed by atoms with Gasteiger partial charge < -0.3 is 4.74 Å². The van der Waals surface area contributed by atoms with Gasteiger partial charge in [0.1, 0.15) is 4.88 Å². The Balaban J connectivity index is 2.04. The first-order chi connectivity index (χ1) is 12.6. The third-order valence-corrected chi connectivity index (χ3v) is 7.02. The molecule has 0 saturated heterocycles. The molecule has 0 bridgehead atoms. The van der Waals surface area contributed by atoms with E-state index in [1.54, 1.807) is 24.3 Å². The topological polar surface area (TPSA) is 72.5 Å². The minimum atomic E-state index is -3.85. The summed E-state index contributed by atoms with van der Waals surface area (Å²) in [7, 11) is -2.57. The molecule has 0 aliphatic rings. The number of carbonyl (C=O) groups excluding carboxylic acids is 1. The van der Waals surface area contributed by atoms with E-state index in [0.29, 0.717) is 0 Å². The highest BCUT2D eigenvalue weighted by molar-refractivity contribution is 7.92. The van der Waals surface area contributed by atoms with E-state index in [1.807, 2.05) is 45.0 Å². The predicted octanol–water partition coefficient (Wildman–Crippen LogP) is 4.79. The summed E-state index contributed by atoms with van der Waals surface area (Å²) in [5.41, 5.74) is 0.0185. The van der Waals surface area contributed by atoms with Crippen LogP contribution < -0.4 is 4.72 Å². The molecule has 5 nitrogen and oxygen atoms in total. The Hall–Kier alpha value is -2.38. The Morgan fingerprint density at radius 3 is 2.33 bits per heavy atom. The van der Waals surface area contributed by atoms with Gasteiger partial charge in [0.2, 0.25) is 0 Å². The Labute approximate surface area is 163 Å². The van der Waals surface area contributed by atoms with E-state index in [9.17, 15) is 13.2 Å². The summed E-state index contributed by atoms with van der Waals surface area (Å²) in [6.07, 6.45) is 0. The lowest BCUT2D eigenvalue weighted by atomic mass is 9.95. The molecule has 0 amide bonds.